The number of carbonyl (C=O) groups excluding carboxylic acids is 2. The standard InChI is InChI=1S/C19H21NO4/c1-19(2,3)15-9-4-5-10-16(15)24-12-17(21)20-14-8-6-7-13(11-14)18(22)23/h4-11H,12H2,1-3H3,(H,20,21)(H,22,23)/p-1. The van der Waals surface area contributed by atoms with Crippen molar-refractivity contribution >= 4 is 17.6 Å². The van der Waals surface area contributed by atoms with Gasteiger partial charge in [0.2, 0.25) is 0 Å². The molecule has 0 heterocycles. The maximum Gasteiger partial charge on any atom is 0.262 e. The summed E-state index contributed by atoms with van der Waals surface area (Å²) in [4.78, 5) is 22.9. The van der Waals surface area contributed by atoms with Gasteiger partial charge in [-0.15, -0.1) is 0 Å². The Morgan fingerprint density at radius 3 is 2.46 bits per heavy atom. The SMILES string of the molecule is CC(C)(C)c1ccccc1OCC(=O)Nc1cccc(C(=O)[O-])c1. The average Bonchev–Trinajstić information content (AvgIpc) is 2.52. The van der Waals surface area contributed by atoms with E-state index in [1.165, 1.54) is 18.2 Å². The second kappa shape index (κ2) is 7.17. The van der Waals surface area contributed by atoms with Crippen LogP contribution < -0.4 is 15.2 Å². The summed E-state index contributed by atoms with van der Waals surface area (Å²) in [6.45, 7) is 6.05. The first-order valence-electron chi connectivity index (χ1n) is 7.61. The molecule has 0 saturated carbocycles. The lowest BCUT2D eigenvalue weighted by atomic mass is 9.86. The van der Waals surface area contributed by atoms with E-state index >= 15 is 0 Å². The van der Waals surface area contributed by atoms with E-state index in [0.717, 1.165) is 5.56 Å². The number of rotatable bonds is 5. The molecule has 0 fully saturated rings. The summed E-state index contributed by atoms with van der Waals surface area (Å²) < 4.78 is 5.63. The molecule has 2 aromatic carbocycles. The third-order valence-corrected chi connectivity index (χ3v) is 3.44. The first-order chi connectivity index (χ1) is 11.3. The second-order valence-electron chi connectivity index (χ2n) is 6.45. The smallest absolute Gasteiger partial charge is 0.262 e. The molecule has 1 amide bonds. The molecule has 0 unspecified atom stereocenters. The van der Waals surface area contributed by atoms with Crippen LogP contribution >= 0.6 is 0 Å². The Morgan fingerprint density at radius 1 is 1.08 bits per heavy atom. The number of benzene rings is 2. The van der Waals surface area contributed by atoms with E-state index in [9.17, 15) is 14.7 Å². The van der Waals surface area contributed by atoms with Crippen LogP contribution in [0.3, 0.4) is 0 Å². The zero-order valence-electron chi connectivity index (χ0n) is 14.0. The lowest BCUT2D eigenvalue weighted by molar-refractivity contribution is -0.255. The Bertz CT molecular complexity index is 747. The topological polar surface area (TPSA) is 78.5 Å². The minimum Gasteiger partial charge on any atom is -0.545 e. The normalized spacial score (nSPS) is 11.0. The highest BCUT2D eigenvalue weighted by molar-refractivity contribution is 5.94. The molecule has 5 heteroatoms. The number of carboxylic acid groups (broad SMARTS) is 1. The lowest BCUT2D eigenvalue weighted by Crippen LogP contribution is -2.24. The van der Waals surface area contributed by atoms with Gasteiger partial charge < -0.3 is 20.0 Å². The molecule has 0 atom stereocenters. The van der Waals surface area contributed by atoms with Crippen LogP contribution in [-0.4, -0.2) is 18.5 Å². The van der Waals surface area contributed by atoms with Crippen molar-refractivity contribution in [3.63, 3.8) is 0 Å². The minimum absolute atomic E-state index is 0.00629. The second-order valence-corrected chi connectivity index (χ2v) is 6.45. The van der Waals surface area contributed by atoms with Crippen molar-refractivity contribution in [3.8, 4) is 5.75 Å². The molecule has 0 aliphatic rings. The molecule has 126 valence electrons. The van der Waals surface area contributed by atoms with Gasteiger partial charge in [0.25, 0.3) is 5.91 Å². The molecular weight excluding hydrogens is 306 g/mol. The van der Waals surface area contributed by atoms with Gasteiger partial charge in [0.05, 0.1) is 5.97 Å². The maximum absolute atomic E-state index is 12.0. The summed E-state index contributed by atoms with van der Waals surface area (Å²) in [5, 5.41) is 13.4. The number of hydrogen-bond acceptors (Lipinski definition) is 4. The van der Waals surface area contributed by atoms with Crippen molar-refractivity contribution in [2.45, 2.75) is 26.2 Å². The van der Waals surface area contributed by atoms with Crippen LogP contribution in [0.15, 0.2) is 48.5 Å². The number of anilines is 1. The number of ether oxygens (including phenoxy) is 1. The molecule has 5 nitrogen and oxygen atoms in total. The van der Waals surface area contributed by atoms with Crippen molar-refractivity contribution in [1.82, 2.24) is 0 Å². The number of nitrogens with one attached hydrogen (secondary N) is 1. The minimum atomic E-state index is -1.29. The van der Waals surface area contributed by atoms with Crippen molar-refractivity contribution in [2.75, 3.05) is 11.9 Å². The fourth-order valence-electron chi connectivity index (χ4n) is 2.28. The Kier molecular flexibility index (Phi) is 5.24. The van der Waals surface area contributed by atoms with Gasteiger partial charge in [0, 0.05) is 5.69 Å². The fraction of sp³-hybridized carbons (Fsp3) is 0.263. The van der Waals surface area contributed by atoms with Crippen LogP contribution in [-0.2, 0) is 10.2 Å². The Labute approximate surface area is 141 Å². The van der Waals surface area contributed by atoms with Crippen LogP contribution in [0.25, 0.3) is 0 Å². The van der Waals surface area contributed by atoms with Gasteiger partial charge in [0.15, 0.2) is 6.61 Å². The molecule has 0 bridgehead atoms. The first-order valence-corrected chi connectivity index (χ1v) is 7.61. The average molecular weight is 326 g/mol. The highest BCUT2D eigenvalue weighted by Crippen LogP contribution is 2.30. The highest BCUT2D eigenvalue weighted by atomic mass is 16.5. The molecule has 2 aromatic rings. The zero-order chi connectivity index (χ0) is 17.7. The molecule has 1 N–H and O–H groups in total. The first kappa shape index (κ1) is 17.5. The van der Waals surface area contributed by atoms with E-state index in [-0.39, 0.29) is 23.5 Å². The molecule has 0 spiro atoms. The van der Waals surface area contributed by atoms with Crippen molar-refractivity contribution in [2.24, 2.45) is 0 Å². The summed E-state index contributed by atoms with van der Waals surface area (Å²) >= 11 is 0. The largest absolute Gasteiger partial charge is 0.545 e. The maximum atomic E-state index is 12.0. The van der Waals surface area contributed by atoms with Crippen molar-refractivity contribution in [1.29, 1.82) is 0 Å². The molecule has 0 radical (unpaired) electrons. The summed E-state index contributed by atoms with van der Waals surface area (Å²) in [6.07, 6.45) is 0. The number of carboxylic acids is 1. The Morgan fingerprint density at radius 2 is 1.79 bits per heavy atom. The number of amides is 1. The molecule has 2 rings (SSSR count). The van der Waals surface area contributed by atoms with Gasteiger partial charge >= 0.3 is 0 Å². The summed E-state index contributed by atoms with van der Waals surface area (Å²) in [5.41, 5.74) is 1.30. The van der Waals surface area contributed by atoms with Crippen LogP contribution in [0.5, 0.6) is 5.75 Å². The number of carbonyl (C=O) groups is 2. The quantitative estimate of drug-likeness (QED) is 0.915. The van der Waals surface area contributed by atoms with Crippen molar-refractivity contribution < 1.29 is 19.4 Å². The van der Waals surface area contributed by atoms with Gasteiger partial charge in [-0.2, -0.15) is 0 Å². The van der Waals surface area contributed by atoms with Gasteiger partial charge in [-0.3, -0.25) is 4.79 Å². The Hall–Kier alpha value is -2.82. The number of aromatic carboxylic acids is 1. The van der Waals surface area contributed by atoms with Crippen LogP contribution in [0, 0.1) is 0 Å². The van der Waals surface area contributed by atoms with Gasteiger partial charge in [0.1, 0.15) is 5.75 Å². The van der Waals surface area contributed by atoms with Gasteiger partial charge in [-0.05, 0) is 34.7 Å². The molecule has 0 aliphatic carbocycles. The van der Waals surface area contributed by atoms with Crippen LogP contribution in [0.2, 0.25) is 0 Å². The monoisotopic (exact) mass is 326 g/mol. The third-order valence-electron chi connectivity index (χ3n) is 3.44. The third kappa shape index (κ3) is 4.59. The van der Waals surface area contributed by atoms with E-state index in [4.69, 9.17) is 4.74 Å². The molecule has 0 aliphatic heterocycles. The lowest BCUT2D eigenvalue weighted by Gasteiger charge is -2.22. The van der Waals surface area contributed by atoms with Crippen molar-refractivity contribution in [3.05, 3.63) is 59.7 Å². The Balaban J connectivity index is 2.02. The predicted molar refractivity (Wildman–Crippen MR) is 90.0 cm³/mol. The van der Waals surface area contributed by atoms with E-state index in [1.807, 2.05) is 24.3 Å². The summed E-state index contributed by atoms with van der Waals surface area (Å²) in [7, 11) is 0. The zero-order valence-corrected chi connectivity index (χ0v) is 14.0. The molecular formula is C19H20NO4-. The predicted octanol–water partition coefficient (Wildman–Crippen LogP) is 2.37. The fourth-order valence-corrected chi connectivity index (χ4v) is 2.28. The van der Waals surface area contributed by atoms with Gasteiger partial charge in [-0.25, -0.2) is 0 Å². The van der Waals surface area contributed by atoms with E-state index < -0.39 is 5.97 Å². The van der Waals surface area contributed by atoms with E-state index in [0.29, 0.717) is 11.4 Å². The van der Waals surface area contributed by atoms with Crippen LogP contribution in [0.4, 0.5) is 5.69 Å². The number of hydrogen-bond donors (Lipinski definition) is 1. The van der Waals surface area contributed by atoms with E-state index in [1.54, 1.807) is 6.07 Å². The molecule has 0 aromatic heterocycles. The molecule has 0 saturated heterocycles. The molecule has 24 heavy (non-hydrogen) atoms. The van der Waals surface area contributed by atoms with Gasteiger partial charge in [-0.1, -0.05) is 51.1 Å². The van der Waals surface area contributed by atoms with Crippen LogP contribution in [0.1, 0.15) is 36.7 Å². The summed E-state index contributed by atoms with van der Waals surface area (Å²) in [6, 6.07) is 13.5. The highest BCUT2D eigenvalue weighted by Gasteiger charge is 2.18. The summed E-state index contributed by atoms with van der Waals surface area (Å²) in [5.74, 6) is -1.00. The number of para-hydroxylation sites is 1. The van der Waals surface area contributed by atoms with E-state index in [2.05, 4.69) is 26.1 Å².